The predicted molar refractivity (Wildman–Crippen MR) is 82.0 cm³/mol. The third-order valence-electron chi connectivity index (χ3n) is 3.99. The molecule has 24 heavy (non-hydrogen) atoms. The second-order valence-electron chi connectivity index (χ2n) is 5.60. The quantitative estimate of drug-likeness (QED) is 0.610. The highest BCUT2D eigenvalue weighted by atomic mass is 16.6. The van der Waals surface area contributed by atoms with Crippen LogP contribution in [0.1, 0.15) is 6.92 Å². The molecule has 130 valence electrons. The number of hydrogen-bond donors (Lipinski definition) is 1. The molecular formula is C15H18N2O7. The average molecular weight is 338 g/mol. The van der Waals surface area contributed by atoms with E-state index in [9.17, 15) is 19.7 Å². The lowest BCUT2D eigenvalue weighted by Gasteiger charge is -2.16. The summed E-state index contributed by atoms with van der Waals surface area (Å²) in [6, 6.07) is 3.94. The first-order chi connectivity index (χ1) is 11.3. The second kappa shape index (κ2) is 7.16. The number of likely N-dealkylation sites (tertiary alicyclic amines) is 1. The minimum atomic E-state index is -0.918. The number of carbonyl (C=O) groups is 2. The number of carboxylic acids is 1. The van der Waals surface area contributed by atoms with Gasteiger partial charge in [0.25, 0.3) is 5.91 Å². The van der Waals surface area contributed by atoms with Gasteiger partial charge in [-0.2, -0.15) is 0 Å². The normalized spacial score (nSPS) is 19.8. The van der Waals surface area contributed by atoms with Crippen LogP contribution in [0, 0.1) is 22.0 Å². The lowest BCUT2D eigenvalue weighted by molar-refractivity contribution is -0.385. The van der Waals surface area contributed by atoms with Crippen molar-refractivity contribution in [3.8, 4) is 11.5 Å². The zero-order valence-corrected chi connectivity index (χ0v) is 13.3. The molecule has 1 saturated heterocycles. The van der Waals surface area contributed by atoms with E-state index < -0.39 is 16.8 Å². The molecule has 0 saturated carbocycles. The molecule has 1 aromatic carbocycles. The number of methoxy groups -OCH3 is 1. The first-order valence-corrected chi connectivity index (χ1v) is 7.29. The molecule has 2 rings (SSSR count). The van der Waals surface area contributed by atoms with Crippen LogP contribution >= 0.6 is 0 Å². The van der Waals surface area contributed by atoms with E-state index in [0.717, 1.165) is 0 Å². The minimum Gasteiger partial charge on any atom is -0.490 e. The summed E-state index contributed by atoms with van der Waals surface area (Å²) >= 11 is 0. The third-order valence-corrected chi connectivity index (χ3v) is 3.99. The van der Waals surface area contributed by atoms with Crippen LogP contribution in [0.4, 0.5) is 5.69 Å². The molecule has 9 heteroatoms. The summed E-state index contributed by atoms with van der Waals surface area (Å²) in [6.45, 7) is 2.03. The third kappa shape index (κ3) is 3.73. The maximum Gasteiger partial charge on any atom is 0.311 e. The fraction of sp³-hybridized carbons (Fsp3) is 0.467. The largest absolute Gasteiger partial charge is 0.490 e. The molecule has 1 heterocycles. The number of amides is 1. The van der Waals surface area contributed by atoms with Crippen molar-refractivity contribution in [3.63, 3.8) is 0 Å². The van der Waals surface area contributed by atoms with Gasteiger partial charge in [0, 0.05) is 25.2 Å². The molecular weight excluding hydrogens is 320 g/mol. The molecule has 0 spiro atoms. The zero-order chi connectivity index (χ0) is 17.9. The van der Waals surface area contributed by atoms with Gasteiger partial charge in [-0.05, 0) is 12.0 Å². The summed E-state index contributed by atoms with van der Waals surface area (Å²) in [5, 5.41) is 19.9. The van der Waals surface area contributed by atoms with Crippen LogP contribution < -0.4 is 9.47 Å². The van der Waals surface area contributed by atoms with E-state index in [-0.39, 0.29) is 42.2 Å². The van der Waals surface area contributed by atoms with Crippen molar-refractivity contribution in [2.75, 3.05) is 26.8 Å². The SMILES string of the molecule is COc1cc(OCC(=O)N2C[C@@H](C)[C@H](C(=O)O)C2)ccc1[N+](=O)[O-]. The van der Waals surface area contributed by atoms with Gasteiger partial charge >= 0.3 is 11.7 Å². The molecule has 0 bridgehead atoms. The average Bonchev–Trinajstić information content (AvgIpc) is 2.94. The molecule has 1 aliphatic heterocycles. The van der Waals surface area contributed by atoms with Gasteiger partial charge in [0.15, 0.2) is 6.61 Å². The first kappa shape index (κ1) is 17.5. The highest BCUT2D eigenvalue weighted by Gasteiger charge is 2.36. The molecule has 2 atom stereocenters. The summed E-state index contributed by atoms with van der Waals surface area (Å²) < 4.78 is 10.3. The fourth-order valence-electron chi connectivity index (χ4n) is 2.63. The number of carbonyl (C=O) groups excluding carboxylic acids is 1. The minimum absolute atomic E-state index is 0.0330. The van der Waals surface area contributed by atoms with E-state index in [2.05, 4.69) is 0 Å². The molecule has 1 amide bonds. The van der Waals surface area contributed by atoms with Crippen LogP contribution in [0.5, 0.6) is 11.5 Å². The van der Waals surface area contributed by atoms with Crippen molar-refractivity contribution in [3.05, 3.63) is 28.3 Å². The van der Waals surface area contributed by atoms with Crippen molar-refractivity contribution in [2.24, 2.45) is 11.8 Å². The highest BCUT2D eigenvalue weighted by Crippen LogP contribution is 2.31. The Hall–Kier alpha value is -2.84. The standard InChI is InChI=1S/C15H18N2O7/c1-9-6-16(7-11(9)15(19)20)14(18)8-24-10-3-4-12(17(21)22)13(5-10)23-2/h3-5,9,11H,6-8H2,1-2H3,(H,19,20)/t9-,11-/m1/s1. The number of aliphatic carboxylic acids is 1. The van der Waals surface area contributed by atoms with E-state index in [1.54, 1.807) is 6.92 Å². The van der Waals surface area contributed by atoms with Crippen LogP contribution in [0.25, 0.3) is 0 Å². The summed E-state index contributed by atoms with van der Waals surface area (Å²) in [4.78, 5) is 34.9. The predicted octanol–water partition coefficient (Wildman–Crippen LogP) is 1.16. The lowest BCUT2D eigenvalue weighted by Crippen LogP contribution is -2.33. The Morgan fingerprint density at radius 1 is 1.42 bits per heavy atom. The number of rotatable bonds is 6. The van der Waals surface area contributed by atoms with Crippen molar-refractivity contribution >= 4 is 17.6 Å². The number of benzene rings is 1. The number of carboxylic acid groups (broad SMARTS) is 1. The van der Waals surface area contributed by atoms with Crippen LogP contribution in [0.15, 0.2) is 18.2 Å². The summed E-state index contributed by atoms with van der Waals surface area (Å²) in [6.07, 6.45) is 0. The molecule has 1 fully saturated rings. The van der Waals surface area contributed by atoms with Crippen molar-refractivity contribution in [1.82, 2.24) is 4.90 Å². The van der Waals surface area contributed by atoms with E-state index in [1.807, 2.05) is 0 Å². The fourth-order valence-corrected chi connectivity index (χ4v) is 2.63. The van der Waals surface area contributed by atoms with Crippen LogP contribution in [-0.4, -0.2) is 53.6 Å². The van der Waals surface area contributed by atoms with Gasteiger partial charge in [-0.15, -0.1) is 0 Å². The second-order valence-corrected chi connectivity index (χ2v) is 5.60. The van der Waals surface area contributed by atoms with Crippen LogP contribution in [0.2, 0.25) is 0 Å². The van der Waals surface area contributed by atoms with Crippen molar-refractivity contribution < 1.29 is 29.1 Å². The Labute approximate surface area is 137 Å². The summed E-state index contributed by atoms with van der Waals surface area (Å²) in [7, 11) is 1.30. The van der Waals surface area contributed by atoms with Gasteiger partial charge in [-0.3, -0.25) is 19.7 Å². The van der Waals surface area contributed by atoms with Gasteiger partial charge in [0.05, 0.1) is 18.0 Å². The molecule has 9 nitrogen and oxygen atoms in total. The molecule has 1 N–H and O–H groups in total. The zero-order valence-electron chi connectivity index (χ0n) is 13.3. The van der Waals surface area contributed by atoms with E-state index in [1.165, 1.54) is 30.2 Å². The van der Waals surface area contributed by atoms with E-state index in [0.29, 0.717) is 6.54 Å². The van der Waals surface area contributed by atoms with Gasteiger partial charge in [-0.25, -0.2) is 0 Å². The molecule has 0 aromatic heterocycles. The number of nitro groups is 1. The molecule has 1 aromatic rings. The number of nitrogens with zero attached hydrogens (tertiary/aromatic N) is 2. The Morgan fingerprint density at radius 3 is 2.67 bits per heavy atom. The van der Waals surface area contributed by atoms with Gasteiger partial charge < -0.3 is 19.5 Å². The molecule has 0 unspecified atom stereocenters. The number of hydrogen-bond acceptors (Lipinski definition) is 6. The van der Waals surface area contributed by atoms with Crippen molar-refractivity contribution in [2.45, 2.75) is 6.92 Å². The van der Waals surface area contributed by atoms with E-state index in [4.69, 9.17) is 14.6 Å². The van der Waals surface area contributed by atoms with E-state index >= 15 is 0 Å². The maximum absolute atomic E-state index is 12.1. The van der Waals surface area contributed by atoms with Gasteiger partial charge in [-0.1, -0.05) is 6.92 Å². The molecule has 0 aliphatic carbocycles. The Kier molecular flexibility index (Phi) is 5.22. The number of nitro benzene ring substituents is 1. The highest BCUT2D eigenvalue weighted by molar-refractivity contribution is 5.80. The smallest absolute Gasteiger partial charge is 0.311 e. The summed E-state index contributed by atoms with van der Waals surface area (Å²) in [5.74, 6) is -1.65. The first-order valence-electron chi connectivity index (χ1n) is 7.29. The topological polar surface area (TPSA) is 119 Å². The lowest BCUT2D eigenvalue weighted by atomic mass is 9.99. The van der Waals surface area contributed by atoms with Crippen LogP contribution in [-0.2, 0) is 9.59 Å². The maximum atomic E-state index is 12.1. The number of ether oxygens (including phenoxy) is 2. The monoisotopic (exact) mass is 338 g/mol. The van der Waals surface area contributed by atoms with Gasteiger partial charge in [0.2, 0.25) is 5.75 Å². The molecule has 1 aliphatic rings. The van der Waals surface area contributed by atoms with Crippen molar-refractivity contribution in [1.29, 1.82) is 0 Å². The Morgan fingerprint density at radius 2 is 2.12 bits per heavy atom. The van der Waals surface area contributed by atoms with Crippen LogP contribution in [0.3, 0.4) is 0 Å². The molecule has 0 radical (unpaired) electrons. The van der Waals surface area contributed by atoms with Gasteiger partial charge in [0.1, 0.15) is 5.75 Å². The Bertz CT molecular complexity index is 661. The Balaban J connectivity index is 1.97. The summed E-state index contributed by atoms with van der Waals surface area (Å²) in [5.41, 5.74) is -0.200.